The average Bonchev–Trinajstić information content (AvgIpc) is 2.77. The summed E-state index contributed by atoms with van der Waals surface area (Å²) in [5.41, 5.74) is 3.66. The van der Waals surface area contributed by atoms with E-state index in [1.165, 1.54) is 18.4 Å². The fourth-order valence-corrected chi connectivity index (χ4v) is 4.62. The molecule has 0 aliphatic carbocycles. The van der Waals surface area contributed by atoms with E-state index in [9.17, 15) is 4.79 Å². The molecule has 1 amide bonds. The number of likely N-dealkylation sites (tertiary alicyclic amines) is 1. The van der Waals surface area contributed by atoms with Gasteiger partial charge in [-0.1, -0.05) is 43.7 Å². The van der Waals surface area contributed by atoms with Crippen molar-refractivity contribution in [2.45, 2.75) is 64.5 Å². The quantitative estimate of drug-likeness (QED) is 0.769. The van der Waals surface area contributed by atoms with Gasteiger partial charge < -0.3 is 4.90 Å². The molecule has 0 radical (unpaired) electrons. The van der Waals surface area contributed by atoms with Crippen LogP contribution < -0.4 is 0 Å². The molecule has 29 heavy (non-hydrogen) atoms. The lowest BCUT2D eigenvalue weighted by molar-refractivity contribution is -0.129. The van der Waals surface area contributed by atoms with Crippen molar-refractivity contribution in [3.8, 4) is 0 Å². The van der Waals surface area contributed by atoms with Crippen LogP contribution in [-0.2, 0) is 17.8 Å². The summed E-state index contributed by atoms with van der Waals surface area (Å²) >= 11 is 0. The molecule has 1 fully saturated rings. The summed E-state index contributed by atoms with van der Waals surface area (Å²) in [6, 6.07) is 11.1. The maximum atomic E-state index is 11.7. The van der Waals surface area contributed by atoms with E-state index in [0.29, 0.717) is 18.5 Å². The molecule has 0 bridgehead atoms. The van der Waals surface area contributed by atoms with Crippen LogP contribution in [0.3, 0.4) is 0 Å². The van der Waals surface area contributed by atoms with Crippen molar-refractivity contribution in [1.29, 1.82) is 0 Å². The zero-order chi connectivity index (χ0) is 20.2. The number of fused-ring (bicyclic) bond motifs is 1. The van der Waals surface area contributed by atoms with Gasteiger partial charge in [0, 0.05) is 38.2 Å². The van der Waals surface area contributed by atoms with E-state index < -0.39 is 0 Å². The smallest absolute Gasteiger partial charge is 0.219 e. The Morgan fingerprint density at radius 1 is 1.21 bits per heavy atom. The molecule has 2 atom stereocenters. The molecule has 0 saturated carbocycles. The fraction of sp³-hybridized carbons (Fsp3) is 0.542. The molecule has 1 aromatic heterocycles. The first-order valence-corrected chi connectivity index (χ1v) is 11.0. The number of hydrogen-bond donors (Lipinski definition) is 0. The first-order chi connectivity index (χ1) is 14.1. The number of aromatic nitrogens is 2. The van der Waals surface area contributed by atoms with Crippen LogP contribution in [0.1, 0.15) is 74.1 Å². The van der Waals surface area contributed by atoms with Crippen LogP contribution in [0.5, 0.6) is 0 Å². The minimum Gasteiger partial charge on any atom is -0.338 e. The number of nitrogens with zero attached hydrogens (tertiary/aromatic N) is 4. The lowest BCUT2D eigenvalue weighted by Gasteiger charge is -2.36. The van der Waals surface area contributed by atoms with Crippen LogP contribution in [-0.4, -0.2) is 45.3 Å². The van der Waals surface area contributed by atoms with Gasteiger partial charge in [0.25, 0.3) is 0 Å². The molecule has 2 unspecified atom stereocenters. The Hall–Kier alpha value is -2.27. The van der Waals surface area contributed by atoms with Gasteiger partial charge in [-0.3, -0.25) is 9.69 Å². The Bertz CT molecular complexity index is 838. The molecule has 0 N–H and O–H groups in total. The number of carbonyl (C=O) groups is 1. The monoisotopic (exact) mass is 392 g/mol. The summed E-state index contributed by atoms with van der Waals surface area (Å²) in [4.78, 5) is 25.9. The third kappa shape index (κ3) is 4.67. The SMILES string of the molecule is CC(=O)N1CCc2nc(C3CCCCN3CCC(C)c3ccccc3)ncc2C1. The maximum Gasteiger partial charge on any atom is 0.219 e. The highest BCUT2D eigenvalue weighted by atomic mass is 16.2. The van der Waals surface area contributed by atoms with E-state index in [2.05, 4.69) is 42.2 Å². The second kappa shape index (κ2) is 9.04. The standard InChI is InChI=1S/C24H32N4O/c1-18(20-8-4-3-5-9-20)11-14-27-13-7-6-10-23(27)24-25-16-21-17-28(19(2)29)15-12-22(21)26-24/h3-5,8-9,16,18,23H,6-7,10-15,17H2,1-2H3. The normalized spacial score (nSPS) is 20.9. The third-order valence-electron chi connectivity index (χ3n) is 6.53. The van der Waals surface area contributed by atoms with Gasteiger partial charge in [-0.05, 0) is 43.8 Å². The van der Waals surface area contributed by atoms with E-state index in [4.69, 9.17) is 9.97 Å². The van der Waals surface area contributed by atoms with Crippen LogP contribution in [0.15, 0.2) is 36.5 Å². The first-order valence-electron chi connectivity index (χ1n) is 11.0. The van der Waals surface area contributed by atoms with Crippen LogP contribution in [0.2, 0.25) is 0 Å². The van der Waals surface area contributed by atoms with E-state index in [-0.39, 0.29) is 5.91 Å². The third-order valence-corrected chi connectivity index (χ3v) is 6.53. The van der Waals surface area contributed by atoms with Gasteiger partial charge in [0.2, 0.25) is 5.91 Å². The van der Waals surface area contributed by atoms with Gasteiger partial charge in [0.1, 0.15) is 5.82 Å². The Morgan fingerprint density at radius 3 is 2.83 bits per heavy atom. The molecule has 3 heterocycles. The number of rotatable bonds is 5. The topological polar surface area (TPSA) is 49.3 Å². The Kier molecular flexibility index (Phi) is 6.24. The van der Waals surface area contributed by atoms with Gasteiger partial charge in [-0.25, -0.2) is 9.97 Å². The molecule has 2 aromatic rings. The minimum absolute atomic E-state index is 0.130. The van der Waals surface area contributed by atoms with Gasteiger partial charge >= 0.3 is 0 Å². The highest BCUT2D eigenvalue weighted by Gasteiger charge is 2.28. The van der Waals surface area contributed by atoms with Crippen molar-refractivity contribution >= 4 is 5.91 Å². The Labute approximate surface area is 174 Å². The zero-order valence-electron chi connectivity index (χ0n) is 17.7. The van der Waals surface area contributed by atoms with E-state index >= 15 is 0 Å². The molecule has 1 saturated heterocycles. The van der Waals surface area contributed by atoms with E-state index in [1.54, 1.807) is 6.92 Å². The van der Waals surface area contributed by atoms with Crippen molar-refractivity contribution in [3.63, 3.8) is 0 Å². The zero-order valence-corrected chi connectivity index (χ0v) is 17.7. The second-order valence-electron chi connectivity index (χ2n) is 8.54. The lowest BCUT2D eigenvalue weighted by atomic mass is 9.95. The van der Waals surface area contributed by atoms with Crippen molar-refractivity contribution in [2.24, 2.45) is 0 Å². The molecule has 5 heteroatoms. The number of hydrogen-bond acceptors (Lipinski definition) is 4. The van der Waals surface area contributed by atoms with Crippen molar-refractivity contribution in [1.82, 2.24) is 19.8 Å². The molecular formula is C24H32N4O. The van der Waals surface area contributed by atoms with Crippen LogP contribution in [0, 0.1) is 0 Å². The van der Waals surface area contributed by atoms with Crippen molar-refractivity contribution in [3.05, 3.63) is 59.2 Å². The van der Waals surface area contributed by atoms with Gasteiger partial charge in [-0.2, -0.15) is 0 Å². The van der Waals surface area contributed by atoms with Crippen molar-refractivity contribution in [2.75, 3.05) is 19.6 Å². The van der Waals surface area contributed by atoms with E-state index in [0.717, 1.165) is 56.0 Å². The second-order valence-corrected chi connectivity index (χ2v) is 8.54. The molecule has 1 aromatic carbocycles. The Balaban J connectivity index is 1.44. The molecule has 2 aliphatic rings. The van der Waals surface area contributed by atoms with Crippen molar-refractivity contribution < 1.29 is 4.79 Å². The number of amides is 1. The first kappa shape index (κ1) is 20.0. The largest absolute Gasteiger partial charge is 0.338 e. The molecule has 2 aliphatic heterocycles. The minimum atomic E-state index is 0.130. The highest BCUT2D eigenvalue weighted by molar-refractivity contribution is 5.73. The van der Waals surface area contributed by atoms with Crippen LogP contribution in [0.25, 0.3) is 0 Å². The summed E-state index contributed by atoms with van der Waals surface area (Å²) in [5.74, 6) is 1.67. The average molecular weight is 393 g/mol. The fourth-order valence-electron chi connectivity index (χ4n) is 4.62. The highest BCUT2D eigenvalue weighted by Crippen LogP contribution is 2.31. The van der Waals surface area contributed by atoms with Gasteiger partial charge in [-0.15, -0.1) is 0 Å². The predicted octanol–water partition coefficient (Wildman–Crippen LogP) is 4.10. The number of benzene rings is 1. The number of piperidine rings is 1. The summed E-state index contributed by atoms with van der Waals surface area (Å²) in [5, 5.41) is 0. The molecule has 154 valence electrons. The maximum absolute atomic E-state index is 11.7. The number of carbonyl (C=O) groups excluding carboxylic acids is 1. The Morgan fingerprint density at radius 2 is 2.03 bits per heavy atom. The molecule has 5 nitrogen and oxygen atoms in total. The molecular weight excluding hydrogens is 360 g/mol. The molecule has 4 rings (SSSR count). The summed E-state index contributed by atoms with van der Waals surface area (Å²) in [7, 11) is 0. The summed E-state index contributed by atoms with van der Waals surface area (Å²) < 4.78 is 0. The van der Waals surface area contributed by atoms with Crippen LogP contribution >= 0.6 is 0 Å². The lowest BCUT2D eigenvalue weighted by Crippen LogP contribution is -2.37. The molecule has 0 spiro atoms. The van der Waals surface area contributed by atoms with Gasteiger partial charge in [0.15, 0.2) is 0 Å². The van der Waals surface area contributed by atoms with Crippen LogP contribution in [0.4, 0.5) is 0 Å². The van der Waals surface area contributed by atoms with Gasteiger partial charge in [0.05, 0.1) is 11.7 Å². The predicted molar refractivity (Wildman–Crippen MR) is 114 cm³/mol. The summed E-state index contributed by atoms with van der Waals surface area (Å²) in [6.45, 7) is 7.58. The van der Waals surface area contributed by atoms with E-state index in [1.807, 2.05) is 11.1 Å². The summed E-state index contributed by atoms with van der Waals surface area (Å²) in [6.07, 6.45) is 7.59.